The largest absolute Gasteiger partial charge is 0.392 e. The molecule has 0 amide bonds. The zero-order chi connectivity index (χ0) is 9.84. The van der Waals surface area contributed by atoms with E-state index in [1.807, 2.05) is 6.92 Å². The molecule has 2 unspecified atom stereocenters. The Morgan fingerprint density at radius 1 is 1.62 bits per heavy atom. The number of aliphatic hydroxyl groups excluding tert-OH is 1. The van der Waals surface area contributed by atoms with E-state index in [-0.39, 0.29) is 6.10 Å². The Hall–Kier alpha value is -0.120. The van der Waals surface area contributed by atoms with Gasteiger partial charge in [0.25, 0.3) is 0 Å². The van der Waals surface area contributed by atoms with Crippen molar-refractivity contribution < 1.29 is 5.11 Å². The van der Waals surface area contributed by atoms with Gasteiger partial charge in [0.15, 0.2) is 0 Å². The van der Waals surface area contributed by atoms with E-state index >= 15 is 0 Å². The highest BCUT2D eigenvalue weighted by Crippen LogP contribution is 2.14. The monoisotopic (exact) mass is 186 g/mol. The molecular weight excluding hydrogens is 164 g/mol. The number of aliphatic hydroxyl groups is 1. The fourth-order valence-corrected chi connectivity index (χ4v) is 1.98. The topological polar surface area (TPSA) is 35.5 Å². The summed E-state index contributed by atoms with van der Waals surface area (Å²) in [5.74, 6) is 0.692. The first-order valence-corrected chi connectivity index (χ1v) is 5.19. The van der Waals surface area contributed by atoms with Gasteiger partial charge in [0.2, 0.25) is 0 Å². The Labute approximate surface area is 81.1 Å². The second kappa shape index (κ2) is 4.94. The van der Waals surface area contributed by atoms with Gasteiger partial charge in [0.1, 0.15) is 0 Å². The lowest BCUT2D eigenvalue weighted by molar-refractivity contribution is 0.145. The molecule has 78 valence electrons. The minimum absolute atomic E-state index is 0.230. The molecular formula is C10H22N2O. The van der Waals surface area contributed by atoms with Crippen LogP contribution in [0.5, 0.6) is 0 Å². The summed E-state index contributed by atoms with van der Waals surface area (Å²) in [5.41, 5.74) is 0. The van der Waals surface area contributed by atoms with Gasteiger partial charge in [-0.05, 0) is 32.9 Å². The molecule has 0 aromatic carbocycles. The standard InChI is InChI=1S/C10H22N2O/c1-8-7-12(3)5-4-10(8)11-6-9(2)13/h8-11,13H,4-7H2,1-3H3/t8?,9-,10?/m1/s1. The molecule has 0 aliphatic carbocycles. The fourth-order valence-electron chi connectivity index (χ4n) is 1.98. The third kappa shape index (κ3) is 3.63. The average Bonchev–Trinajstić information content (AvgIpc) is 2.02. The Balaban J connectivity index is 2.25. The van der Waals surface area contributed by atoms with Crippen molar-refractivity contribution in [3.8, 4) is 0 Å². The van der Waals surface area contributed by atoms with Crippen molar-refractivity contribution in [2.45, 2.75) is 32.4 Å². The lowest BCUT2D eigenvalue weighted by Crippen LogP contribution is -2.48. The maximum absolute atomic E-state index is 9.15. The van der Waals surface area contributed by atoms with E-state index in [2.05, 4.69) is 24.2 Å². The zero-order valence-corrected chi connectivity index (χ0v) is 8.95. The molecule has 1 aliphatic heterocycles. The minimum atomic E-state index is -0.230. The third-order valence-electron chi connectivity index (χ3n) is 2.78. The highest BCUT2D eigenvalue weighted by Gasteiger charge is 2.23. The molecule has 1 saturated heterocycles. The number of nitrogens with zero attached hydrogens (tertiary/aromatic N) is 1. The summed E-state index contributed by atoms with van der Waals surface area (Å²) in [4.78, 5) is 2.37. The summed E-state index contributed by atoms with van der Waals surface area (Å²) in [6.07, 6.45) is 0.969. The van der Waals surface area contributed by atoms with Gasteiger partial charge in [0.05, 0.1) is 6.10 Å². The number of rotatable bonds is 3. The van der Waals surface area contributed by atoms with Crippen LogP contribution in [0.3, 0.4) is 0 Å². The van der Waals surface area contributed by atoms with Gasteiger partial charge in [-0.2, -0.15) is 0 Å². The van der Waals surface area contributed by atoms with Crippen LogP contribution in [0.15, 0.2) is 0 Å². The first kappa shape index (κ1) is 11.0. The maximum Gasteiger partial charge on any atom is 0.0636 e. The van der Waals surface area contributed by atoms with Crippen molar-refractivity contribution >= 4 is 0 Å². The van der Waals surface area contributed by atoms with E-state index in [9.17, 15) is 0 Å². The summed E-state index contributed by atoms with van der Waals surface area (Å²) in [6.45, 7) is 7.15. The molecule has 3 nitrogen and oxygen atoms in total. The van der Waals surface area contributed by atoms with E-state index in [4.69, 9.17) is 5.11 Å². The van der Waals surface area contributed by atoms with Crippen molar-refractivity contribution in [3.05, 3.63) is 0 Å². The van der Waals surface area contributed by atoms with Gasteiger partial charge in [-0.15, -0.1) is 0 Å². The third-order valence-corrected chi connectivity index (χ3v) is 2.78. The molecule has 0 radical (unpaired) electrons. The predicted molar refractivity (Wildman–Crippen MR) is 54.7 cm³/mol. The highest BCUT2D eigenvalue weighted by molar-refractivity contribution is 4.81. The van der Waals surface area contributed by atoms with Gasteiger partial charge in [-0.1, -0.05) is 6.92 Å². The minimum Gasteiger partial charge on any atom is -0.392 e. The molecule has 1 heterocycles. The Kier molecular flexibility index (Phi) is 4.16. The quantitative estimate of drug-likeness (QED) is 0.665. The van der Waals surface area contributed by atoms with Crippen LogP contribution in [0, 0.1) is 5.92 Å². The number of likely N-dealkylation sites (tertiary alicyclic amines) is 1. The first-order valence-electron chi connectivity index (χ1n) is 5.19. The molecule has 0 spiro atoms. The molecule has 2 N–H and O–H groups in total. The second-order valence-electron chi connectivity index (χ2n) is 4.39. The molecule has 0 bridgehead atoms. The van der Waals surface area contributed by atoms with Gasteiger partial charge < -0.3 is 15.3 Å². The maximum atomic E-state index is 9.15. The second-order valence-corrected chi connectivity index (χ2v) is 4.39. The van der Waals surface area contributed by atoms with Crippen LogP contribution in [0.4, 0.5) is 0 Å². The van der Waals surface area contributed by atoms with Crippen LogP contribution < -0.4 is 5.32 Å². The molecule has 1 rings (SSSR count). The van der Waals surface area contributed by atoms with Gasteiger partial charge >= 0.3 is 0 Å². The van der Waals surface area contributed by atoms with Crippen LogP contribution in [-0.2, 0) is 0 Å². The summed E-state index contributed by atoms with van der Waals surface area (Å²) >= 11 is 0. The van der Waals surface area contributed by atoms with E-state index in [1.54, 1.807) is 0 Å². The lowest BCUT2D eigenvalue weighted by atomic mass is 9.94. The SMILES string of the molecule is CC1CN(C)CCC1NC[C@@H](C)O. The fraction of sp³-hybridized carbons (Fsp3) is 1.00. The van der Waals surface area contributed by atoms with Crippen molar-refractivity contribution in [2.24, 2.45) is 5.92 Å². The first-order chi connectivity index (χ1) is 6.09. The van der Waals surface area contributed by atoms with Crippen LogP contribution in [0.2, 0.25) is 0 Å². The number of nitrogens with one attached hydrogen (secondary N) is 1. The Bertz CT molecular complexity index is 150. The normalized spacial score (nSPS) is 33.2. The molecule has 0 aromatic rings. The molecule has 13 heavy (non-hydrogen) atoms. The lowest BCUT2D eigenvalue weighted by Gasteiger charge is -2.35. The number of hydrogen-bond acceptors (Lipinski definition) is 3. The van der Waals surface area contributed by atoms with E-state index < -0.39 is 0 Å². The molecule has 1 fully saturated rings. The summed E-state index contributed by atoms with van der Waals surface area (Å²) in [7, 11) is 2.17. The van der Waals surface area contributed by atoms with Gasteiger partial charge in [0, 0.05) is 19.1 Å². The summed E-state index contributed by atoms with van der Waals surface area (Å²) < 4.78 is 0. The summed E-state index contributed by atoms with van der Waals surface area (Å²) in [5, 5.41) is 12.6. The predicted octanol–water partition coefficient (Wildman–Crippen LogP) is 0.297. The molecule has 3 atom stereocenters. The van der Waals surface area contributed by atoms with Crippen LogP contribution >= 0.6 is 0 Å². The average molecular weight is 186 g/mol. The molecule has 0 saturated carbocycles. The van der Waals surface area contributed by atoms with E-state index in [0.717, 1.165) is 13.1 Å². The van der Waals surface area contributed by atoms with Crippen LogP contribution in [0.25, 0.3) is 0 Å². The molecule has 1 aliphatic rings. The van der Waals surface area contributed by atoms with Gasteiger partial charge in [-0.25, -0.2) is 0 Å². The van der Waals surface area contributed by atoms with Crippen molar-refractivity contribution in [3.63, 3.8) is 0 Å². The van der Waals surface area contributed by atoms with Crippen molar-refractivity contribution in [1.82, 2.24) is 10.2 Å². The number of hydrogen-bond donors (Lipinski definition) is 2. The highest BCUT2D eigenvalue weighted by atomic mass is 16.3. The van der Waals surface area contributed by atoms with Crippen LogP contribution in [0.1, 0.15) is 20.3 Å². The molecule has 3 heteroatoms. The smallest absolute Gasteiger partial charge is 0.0636 e. The molecule has 0 aromatic heterocycles. The Morgan fingerprint density at radius 2 is 2.31 bits per heavy atom. The zero-order valence-electron chi connectivity index (χ0n) is 8.95. The van der Waals surface area contributed by atoms with Crippen molar-refractivity contribution in [1.29, 1.82) is 0 Å². The van der Waals surface area contributed by atoms with E-state index in [0.29, 0.717) is 12.0 Å². The van der Waals surface area contributed by atoms with E-state index in [1.165, 1.54) is 13.0 Å². The Morgan fingerprint density at radius 3 is 2.85 bits per heavy atom. The van der Waals surface area contributed by atoms with Crippen molar-refractivity contribution in [2.75, 3.05) is 26.7 Å². The van der Waals surface area contributed by atoms with Gasteiger partial charge in [-0.3, -0.25) is 0 Å². The van der Waals surface area contributed by atoms with Crippen LogP contribution in [-0.4, -0.2) is 48.8 Å². The summed E-state index contributed by atoms with van der Waals surface area (Å²) in [6, 6.07) is 0.589. The number of piperidine rings is 1.